The average molecular weight is 572 g/mol. The van der Waals surface area contributed by atoms with Crippen molar-refractivity contribution in [2.45, 2.75) is 51.2 Å². The molecule has 0 saturated carbocycles. The third-order valence-corrected chi connectivity index (χ3v) is 8.26. The summed E-state index contributed by atoms with van der Waals surface area (Å²) in [7, 11) is -1.93. The van der Waals surface area contributed by atoms with E-state index in [1.807, 2.05) is 54.6 Å². The summed E-state index contributed by atoms with van der Waals surface area (Å²) in [5.74, 6) is -0.171. The average Bonchev–Trinajstić information content (AvgIpc) is 2.96. The molecule has 0 radical (unpaired) electrons. The van der Waals surface area contributed by atoms with Crippen LogP contribution in [0.3, 0.4) is 0 Å². The van der Waals surface area contributed by atoms with E-state index in [0.29, 0.717) is 25.1 Å². The Balaban J connectivity index is 1.36. The first kappa shape index (κ1) is 28.7. The van der Waals surface area contributed by atoms with Crippen LogP contribution in [0.1, 0.15) is 41.7 Å². The van der Waals surface area contributed by atoms with Crippen LogP contribution in [0.4, 0.5) is 14.5 Å². The number of halogens is 2. The lowest BCUT2D eigenvalue weighted by Crippen LogP contribution is -2.55. The van der Waals surface area contributed by atoms with Crippen LogP contribution in [0.15, 0.2) is 103 Å². The van der Waals surface area contributed by atoms with Gasteiger partial charge < -0.3 is 14.1 Å². The van der Waals surface area contributed by atoms with E-state index in [4.69, 9.17) is 9.16 Å². The third-order valence-electron chi connectivity index (χ3n) is 7.27. The number of nitrogens with zero attached hydrogens (tertiary/aromatic N) is 1. The lowest BCUT2D eigenvalue weighted by Gasteiger charge is -2.48. The fourth-order valence-corrected chi connectivity index (χ4v) is 6.44. The van der Waals surface area contributed by atoms with Crippen molar-refractivity contribution in [3.8, 4) is 5.75 Å². The Morgan fingerprint density at radius 2 is 1.41 bits per heavy atom. The summed E-state index contributed by atoms with van der Waals surface area (Å²) in [6.45, 7) is 6.84. The van der Waals surface area contributed by atoms with Crippen LogP contribution in [0.5, 0.6) is 5.75 Å². The molecule has 212 valence electrons. The Labute approximate surface area is 241 Å². The summed E-state index contributed by atoms with van der Waals surface area (Å²) in [4.78, 5) is 15.3. The van der Waals surface area contributed by atoms with Gasteiger partial charge in [-0.25, -0.2) is 8.78 Å². The first-order chi connectivity index (χ1) is 19.7. The molecule has 5 rings (SSSR count). The van der Waals surface area contributed by atoms with Gasteiger partial charge in [-0.05, 0) is 97.7 Å². The van der Waals surface area contributed by atoms with E-state index in [1.165, 1.54) is 24.3 Å². The van der Waals surface area contributed by atoms with Gasteiger partial charge in [0.05, 0.1) is 18.1 Å². The number of anilines is 1. The van der Waals surface area contributed by atoms with Gasteiger partial charge in [0.2, 0.25) is 5.91 Å². The number of ether oxygens (including phenoxy) is 1. The van der Waals surface area contributed by atoms with E-state index in [0.717, 1.165) is 22.4 Å². The van der Waals surface area contributed by atoms with Crippen molar-refractivity contribution < 1.29 is 22.7 Å². The molecule has 1 saturated heterocycles. The lowest BCUT2D eigenvalue weighted by molar-refractivity contribution is -0.131. The molecule has 1 aliphatic heterocycles. The maximum absolute atomic E-state index is 13.7. The number of rotatable bonds is 11. The SMILES string of the molecule is C[Si](C)(C)O[C@@H](CC[C@H]1C(=O)N(c2ccc(F)cc2)[C@@H]1c1ccc(OCc2ccccc2)cc1)c1ccc(F)cc1. The third kappa shape index (κ3) is 7.10. The van der Waals surface area contributed by atoms with E-state index in [1.54, 1.807) is 29.2 Å². The van der Waals surface area contributed by atoms with Crippen molar-refractivity contribution in [1.82, 2.24) is 0 Å². The van der Waals surface area contributed by atoms with E-state index in [-0.39, 0.29) is 35.6 Å². The minimum atomic E-state index is -1.93. The molecule has 0 N–H and O–H groups in total. The Morgan fingerprint density at radius 3 is 2.02 bits per heavy atom. The summed E-state index contributed by atoms with van der Waals surface area (Å²) in [6.07, 6.45) is 0.988. The summed E-state index contributed by atoms with van der Waals surface area (Å²) in [5, 5.41) is 0. The number of amides is 1. The molecule has 0 aromatic heterocycles. The van der Waals surface area contributed by atoms with E-state index in [9.17, 15) is 13.6 Å². The van der Waals surface area contributed by atoms with Crippen LogP contribution in [-0.2, 0) is 15.8 Å². The number of β-lactam (4-membered cyclic amide) rings is 1. The second-order valence-corrected chi connectivity index (χ2v) is 15.9. The van der Waals surface area contributed by atoms with Crippen LogP contribution >= 0.6 is 0 Å². The number of carbonyl (C=O) groups excluding carboxylic acids is 1. The quantitative estimate of drug-likeness (QED) is 0.134. The zero-order chi connectivity index (χ0) is 29.0. The van der Waals surface area contributed by atoms with E-state index < -0.39 is 8.32 Å². The highest BCUT2D eigenvalue weighted by atomic mass is 28.4. The van der Waals surface area contributed by atoms with Gasteiger partial charge in [0, 0.05) is 5.69 Å². The van der Waals surface area contributed by atoms with Gasteiger partial charge in [-0.1, -0.05) is 54.6 Å². The Morgan fingerprint density at radius 1 is 0.805 bits per heavy atom. The Kier molecular flexibility index (Phi) is 8.66. The van der Waals surface area contributed by atoms with Crippen LogP contribution in [-0.4, -0.2) is 14.2 Å². The number of carbonyl (C=O) groups is 1. The van der Waals surface area contributed by atoms with Crippen molar-refractivity contribution >= 4 is 19.9 Å². The van der Waals surface area contributed by atoms with Gasteiger partial charge in [0.15, 0.2) is 8.32 Å². The van der Waals surface area contributed by atoms with Crippen molar-refractivity contribution in [1.29, 1.82) is 0 Å². The summed E-state index contributed by atoms with van der Waals surface area (Å²) < 4.78 is 39.8. The zero-order valence-electron chi connectivity index (χ0n) is 23.6. The number of benzene rings is 4. The molecule has 1 fully saturated rings. The molecule has 0 unspecified atom stereocenters. The molecule has 7 heteroatoms. The lowest BCUT2D eigenvalue weighted by atomic mass is 9.78. The van der Waals surface area contributed by atoms with Crippen LogP contribution < -0.4 is 9.64 Å². The van der Waals surface area contributed by atoms with Gasteiger partial charge in [-0.15, -0.1) is 0 Å². The van der Waals surface area contributed by atoms with Gasteiger partial charge in [-0.3, -0.25) is 4.79 Å². The predicted molar refractivity (Wildman–Crippen MR) is 160 cm³/mol. The predicted octanol–water partition coefficient (Wildman–Crippen LogP) is 8.62. The zero-order valence-corrected chi connectivity index (χ0v) is 24.6. The van der Waals surface area contributed by atoms with Crippen LogP contribution in [0.25, 0.3) is 0 Å². The van der Waals surface area contributed by atoms with E-state index >= 15 is 0 Å². The summed E-state index contributed by atoms with van der Waals surface area (Å²) in [6, 6.07) is 30.1. The summed E-state index contributed by atoms with van der Waals surface area (Å²) >= 11 is 0. The van der Waals surface area contributed by atoms with Crippen molar-refractivity contribution in [2.75, 3.05) is 4.90 Å². The molecule has 0 aliphatic carbocycles. The molecular formula is C34H35F2NO3Si. The minimum absolute atomic E-state index is 0.00290. The van der Waals surface area contributed by atoms with Crippen molar-refractivity contribution in [3.63, 3.8) is 0 Å². The molecule has 1 aliphatic rings. The molecule has 0 spiro atoms. The van der Waals surface area contributed by atoms with Gasteiger partial charge in [-0.2, -0.15) is 0 Å². The largest absolute Gasteiger partial charge is 0.489 e. The highest BCUT2D eigenvalue weighted by Gasteiger charge is 2.48. The van der Waals surface area contributed by atoms with Gasteiger partial charge in [0.25, 0.3) is 0 Å². The first-order valence-corrected chi connectivity index (χ1v) is 17.4. The maximum Gasteiger partial charge on any atom is 0.233 e. The Hall–Kier alpha value is -3.81. The summed E-state index contributed by atoms with van der Waals surface area (Å²) in [5.41, 5.74) is 3.64. The van der Waals surface area contributed by atoms with Crippen LogP contribution in [0.2, 0.25) is 19.6 Å². The monoisotopic (exact) mass is 571 g/mol. The smallest absolute Gasteiger partial charge is 0.233 e. The maximum atomic E-state index is 13.7. The molecule has 1 heterocycles. The number of hydrogen-bond donors (Lipinski definition) is 0. The minimum Gasteiger partial charge on any atom is -0.489 e. The molecule has 3 atom stereocenters. The number of hydrogen-bond acceptors (Lipinski definition) is 3. The highest BCUT2D eigenvalue weighted by Crippen LogP contribution is 2.47. The highest BCUT2D eigenvalue weighted by molar-refractivity contribution is 6.69. The van der Waals surface area contributed by atoms with Gasteiger partial charge in [0.1, 0.15) is 24.0 Å². The normalized spacial score (nSPS) is 17.7. The van der Waals surface area contributed by atoms with Crippen LogP contribution in [0, 0.1) is 17.6 Å². The fourth-order valence-electron chi connectivity index (χ4n) is 5.33. The fraction of sp³-hybridized carbons (Fsp3) is 0.265. The molecule has 4 nitrogen and oxygen atoms in total. The standard InChI is InChI=1S/C34H35F2NO3Si/c1-41(2,3)40-32(25-9-13-27(35)14-10-25)22-21-31-33(37(34(31)38)29-17-15-28(36)16-18-29)26-11-19-30(20-12-26)39-23-24-7-5-4-6-8-24/h4-20,31-33H,21-23H2,1-3H3/t31-,32+,33-/m1/s1. The molecule has 4 aromatic rings. The Bertz CT molecular complexity index is 1440. The second-order valence-electron chi connectivity index (χ2n) is 11.4. The molecule has 1 amide bonds. The van der Waals surface area contributed by atoms with Gasteiger partial charge >= 0.3 is 0 Å². The molecule has 4 aromatic carbocycles. The van der Waals surface area contributed by atoms with Crippen molar-refractivity contribution in [3.05, 3.63) is 131 Å². The molecule has 0 bridgehead atoms. The first-order valence-electron chi connectivity index (χ1n) is 14.0. The second kappa shape index (κ2) is 12.4. The van der Waals surface area contributed by atoms with E-state index in [2.05, 4.69) is 19.6 Å². The molecular weight excluding hydrogens is 536 g/mol. The topological polar surface area (TPSA) is 38.8 Å². The van der Waals surface area contributed by atoms with Crippen molar-refractivity contribution in [2.24, 2.45) is 5.92 Å². The molecule has 41 heavy (non-hydrogen) atoms.